The first-order valence-corrected chi connectivity index (χ1v) is 8.71. The molecule has 0 atom stereocenters. The van der Waals surface area contributed by atoms with Gasteiger partial charge in [0.15, 0.2) is 17.3 Å². The summed E-state index contributed by atoms with van der Waals surface area (Å²) in [6.45, 7) is 1.21. The summed E-state index contributed by atoms with van der Waals surface area (Å²) in [6, 6.07) is 11.0. The van der Waals surface area contributed by atoms with Gasteiger partial charge in [0.2, 0.25) is 12.7 Å². The first kappa shape index (κ1) is 17.5. The average Bonchev–Trinajstić information content (AvgIpc) is 3.41. The second-order valence-electron chi connectivity index (χ2n) is 5.89. The number of ether oxygens (including phenoxy) is 2. The fourth-order valence-corrected chi connectivity index (χ4v) is 2.57. The van der Waals surface area contributed by atoms with Crippen molar-refractivity contribution in [2.75, 3.05) is 25.2 Å². The van der Waals surface area contributed by atoms with Gasteiger partial charge >= 0.3 is 0 Å². The fourth-order valence-electron chi connectivity index (χ4n) is 2.57. The summed E-state index contributed by atoms with van der Waals surface area (Å²) in [7, 11) is 0. The number of hydrogen-bond donors (Lipinski definition) is 2. The van der Waals surface area contributed by atoms with Gasteiger partial charge in [-0.3, -0.25) is 4.79 Å². The first-order chi connectivity index (χ1) is 13.8. The van der Waals surface area contributed by atoms with Crippen molar-refractivity contribution < 1.29 is 14.3 Å². The van der Waals surface area contributed by atoms with Gasteiger partial charge in [0.1, 0.15) is 5.82 Å². The highest BCUT2D eigenvalue weighted by atomic mass is 16.7. The molecule has 0 radical (unpaired) electrons. The Morgan fingerprint density at radius 2 is 2.07 bits per heavy atom. The highest BCUT2D eigenvalue weighted by Gasteiger charge is 2.12. The zero-order chi connectivity index (χ0) is 19.2. The lowest BCUT2D eigenvalue weighted by Gasteiger charge is -2.06. The average molecular weight is 378 g/mol. The van der Waals surface area contributed by atoms with Gasteiger partial charge in [0.25, 0.3) is 0 Å². The van der Waals surface area contributed by atoms with Crippen LogP contribution >= 0.6 is 0 Å². The molecule has 1 aliphatic rings. The second kappa shape index (κ2) is 8.21. The van der Waals surface area contributed by atoms with E-state index in [0.717, 1.165) is 5.56 Å². The Bertz CT molecular complexity index is 970. The molecular weight excluding hydrogens is 360 g/mol. The van der Waals surface area contributed by atoms with E-state index >= 15 is 0 Å². The molecule has 142 valence electrons. The molecule has 1 aromatic carbocycles. The van der Waals surface area contributed by atoms with Gasteiger partial charge in [0.05, 0.1) is 0 Å². The van der Waals surface area contributed by atoms with E-state index in [-0.39, 0.29) is 12.7 Å². The third-order valence-electron chi connectivity index (χ3n) is 3.94. The number of hydrogen-bond acceptors (Lipinski definition) is 7. The number of fused-ring (bicyclic) bond motifs is 1. The van der Waals surface area contributed by atoms with Gasteiger partial charge in [-0.1, -0.05) is 6.07 Å². The number of rotatable bonds is 7. The van der Waals surface area contributed by atoms with Crippen LogP contribution in [0.25, 0.3) is 11.9 Å². The Balaban J connectivity index is 1.20. The van der Waals surface area contributed by atoms with Crippen LogP contribution in [0.4, 0.5) is 5.82 Å². The standard InChI is InChI=1S/C19H18N6O3/c26-19(7-3-14-2-4-15-16(12-14)28-13-27-15)21-10-9-20-17-5-6-18(24-23-17)25-11-1-8-22-25/h1-8,11-12H,9-10,13H2,(H,20,23)(H,21,26)/b7-3+. The zero-order valence-corrected chi connectivity index (χ0v) is 14.9. The lowest BCUT2D eigenvalue weighted by molar-refractivity contribution is -0.116. The van der Waals surface area contributed by atoms with Crippen molar-refractivity contribution >= 4 is 17.8 Å². The Morgan fingerprint density at radius 3 is 2.89 bits per heavy atom. The molecular formula is C19H18N6O3. The zero-order valence-electron chi connectivity index (χ0n) is 14.9. The number of anilines is 1. The van der Waals surface area contributed by atoms with Gasteiger partial charge < -0.3 is 20.1 Å². The monoisotopic (exact) mass is 378 g/mol. The summed E-state index contributed by atoms with van der Waals surface area (Å²) in [6.07, 6.45) is 6.68. The molecule has 1 amide bonds. The minimum atomic E-state index is -0.181. The lowest BCUT2D eigenvalue weighted by atomic mass is 10.2. The van der Waals surface area contributed by atoms with Crippen molar-refractivity contribution in [2.45, 2.75) is 0 Å². The molecule has 0 fully saturated rings. The van der Waals surface area contributed by atoms with Crippen molar-refractivity contribution in [3.05, 3.63) is 60.4 Å². The molecule has 2 N–H and O–H groups in total. The second-order valence-corrected chi connectivity index (χ2v) is 5.89. The van der Waals surface area contributed by atoms with Crippen LogP contribution in [0.5, 0.6) is 11.5 Å². The van der Waals surface area contributed by atoms with E-state index in [4.69, 9.17) is 9.47 Å². The number of carbonyl (C=O) groups excluding carboxylic acids is 1. The van der Waals surface area contributed by atoms with E-state index in [1.807, 2.05) is 36.4 Å². The topological polar surface area (TPSA) is 103 Å². The number of carbonyl (C=O) groups is 1. The lowest BCUT2D eigenvalue weighted by Crippen LogP contribution is -2.27. The summed E-state index contributed by atoms with van der Waals surface area (Å²) >= 11 is 0. The highest BCUT2D eigenvalue weighted by Crippen LogP contribution is 2.32. The van der Waals surface area contributed by atoms with Gasteiger partial charge in [0, 0.05) is 31.6 Å². The highest BCUT2D eigenvalue weighted by molar-refractivity contribution is 5.91. The minimum absolute atomic E-state index is 0.181. The molecule has 2 aromatic heterocycles. The quantitative estimate of drug-likeness (QED) is 0.476. The van der Waals surface area contributed by atoms with Crippen LogP contribution in [0.1, 0.15) is 5.56 Å². The van der Waals surface area contributed by atoms with E-state index < -0.39 is 0 Å². The molecule has 0 spiro atoms. The normalized spacial score (nSPS) is 12.3. The van der Waals surface area contributed by atoms with E-state index in [0.29, 0.717) is 36.2 Å². The third kappa shape index (κ3) is 4.26. The Labute approximate surface area is 161 Å². The molecule has 9 heteroatoms. The van der Waals surface area contributed by atoms with E-state index in [2.05, 4.69) is 25.9 Å². The van der Waals surface area contributed by atoms with Crippen LogP contribution in [0.15, 0.2) is 54.9 Å². The largest absolute Gasteiger partial charge is 0.454 e. The SMILES string of the molecule is O=C(/C=C/c1ccc2c(c1)OCO2)NCCNc1ccc(-n2cccn2)nn1. The smallest absolute Gasteiger partial charge is 0.244 e. The van der Waals surface area contributed by atoms with Crippen LogP contribution in [-0.4, -0.2) is 45.8 Å². The Kier molecular flexibility index (Phi) is 5.14. The van der Waals surface area contributed by atoms with Crippen LogP contribution in [0.3, 0.4) is 0 Å². The van der Waals surface area contributed by atoms with Crippen LogP contribution in [0.2, 0.25) is 0 Å². The van der Waals surface area contributed by atoms with Crippen molar-refractivity contribution in [3.8, 4) is 17.3 Å². The molecule has 3 aromatic rings. The van der Waals surface area contributed by atoms with Gasteiger partial charge in [-0.25, -0.2) is 4.68 Å². The van der Waals surface area contributed by atoms with E-state index in [1.54, 1.807) is 23.2 Å². The van der Waals surface area contributed by atoms with Gasteiger partial charge in [-0.05, 0) is 42.0 Å². The van der Waals surface area contributed by atoms with Crippen LogP contribution in [-0.2, 0) is 4.79 Å². The van der Waals surface area contributed by atoms with E-state index in [9.17, 15) is 4.79 Å². The summed E-state index contributed by atoms with van der Waals surface area (Å²) in [5.41, 5.74) is 0.866. The number of nitrogens with one attached hydrogen (secondary N) is 2. The molecule has 0 aliphatic carbocycles. The van der Waals surface area contributed by atoms with Crippen molar-refractivity contribution in [3.63, 3.8) is 0 Å². The van der Waals surface area contributed by atoms with Gasteiger partial charge in [-0.15, -0.1) is 10.2 Å². The Morgan fingerprint density at radius 1 is 1.14 bits per heavy atom. The van der Waals surface area contributed by atoms with Gasteiger partial charge in [-0.2, -0.15) is 5.10 Å². The fraction of sp³-hybridized carbons (Fsp3) is 0.158. The predicted molar refractivity (Wildman–Crippen MR) is 102 cm³/mol. The number of aromatic nitrogens is 4. The maximum Gasteiger partial charge on any atom is 0.244 e. The summed E-state index contributed by atoms with van der Waals surface area (Å²) in [5, 5.41) is 18.2. The minimum Gasteiger partial charge on any atom is -0.454 e. The molecule has 3 heterocycles. The molecule has 28 heavy (non-hydrogen) atoms. The molecule has 0 unspecified atom stereocenters. The molecule has 0 bridgehead atoms. The molecule has 0 saturated carbocycles. The van der Waals surface area contributed by atoms with Crippen molar-refractivity contribution in [1.82, 2.24) is 25.3 Å². The number of amides is 1. The summed E-state index contributed by atoms with van der Waals surface area (Å²) in [4.78, 5) is 11.9. The summed E-state index contributed by atoms with van der Waals surface area (Å²) in [5.74, 6) is 2.48. The maximum absolute atomic E-state index is 11.9. The van der Waals surface area contributed by atoms with E-state index in [1.165, 1.54) is 6.08 Å². The first-order valence-electron chi connectivity index (χ1n) is 8.71. The third-order valence-corrected chi connectivity index (χ3v) is 3.94. The summed E-state index contributed by atoms with van der Waals surface area (Å²) < 4.78 is 12.2. The molecule has 9 nitrogen and oxygen atoms in total. The number of benzene rings is 1. The molecule has 1 aliphatic heterocycles. The van der Waals surface area contributed by atoms with Crippen molar-refractivity contribution in [1.29, 1.82) is 0 Å². The maximum atomic E-state index is 11.9. The predicted octanol–water partition coefficient (Wildman–Crippen LogP) is 1.63. The molecule has 4 rings (SSSR count). The van der Waals surface area contributed by atoms with Crippen molar-refractivity contribution in [2.24, 2.45) is 0 Å². The van der Waals surface area contributed by atoms with Crippen LogP contribution in [0, 0.1) is 0 Å². The van der Waals surface area contributed by atoms with Crippen LogP contribution < -0.4 is 20.1 Å². The molecule has 0 saturated heterocycles. The number of nitrogens with zero attached hydrogens (tertiary/aromatic N) is 4. The Hall–Kier alpha value is -3.88.